The van der Waals surface area contributed by atoms with E-state index in [1.807, 2.05) is 12.1 Å². The molecule has 1 amide bonds. The van der Waals surface area contributed by atoms with Crippen molar-refractivity contribution in [3.63, 3.8) is 0 Å². The number of hydrogen-bond acceptors (Lipinski definition) is 5. The monoisotopic (exact) mass is 374 g/mol. The Bertz CT molecular complexity index is 789. The Morgan fingerprint density at radius 1 is 1.42 bits per heavy atom. The van der Waals surface area contributed by atoms with Crippen molar-refractivity contribution < 1.29 is 19.4 Å². The highest BCUT2D eigenvalue weighted by Crippen LogP contribution is 2.34. The lowest BCUT2D eigenvalue weighted by atomic mass is 9.79. The highest BCUT2D eigenvalue weighted by molar-refractivity contribution is 7.09. The third-order valence-electron chi connectivity index (χ3n) is 4.67. The standard InChI is InChI=1S/C19H22N2O4S/c1-25-10-17-20-16(11-26-17)18(22)21-15(19(23)24)9-13-7-4-6-12-5-2-3-8-14(12)13/h2-3,5,8,11,13,15H,4,6-7,9-10H2,1H3,(H,21,22)(H,23,24). The maximum Gasteiger partial charge on any atom is 0.326 e. The highest BCUT2D eigenvalue weighted by Gasteiger charge is 2.28. The number of hydrogen-bond donors (Lipinski definition) is 2. The maximum absolute atomic E-state index is 12.4. The summed E-state index contributed by atoms with van der Waals surface area (Å²) in [6, 6.07) is 7.22. The molecule has 6 nitrogen and oxygen atoms in total. The number of carboxylic acid groups (broad SMARTS) is 1. The average molecular weight is 374 g/mol. The Hall–Kier alpha value is -2.25. The lowest BCUT2D eigenvalue weighted by Gasteiger charge is -2.27. The summed E-state index contributed by atoms with van der Waals surface area (Å²) >= 11 is 1.32. The van der Waals surface area contributed by atoms with Crippen molar-refractivity contribution in [3.8, 4) is 0 Å². The molecule has 0 aliphatic heterocycles. The van der Waals surface area contributed by atoms with Crippen molar-refractivity contribution in [2.24, 2.45) is 0 Å². The Balaban J connectivity index is 1.70. The minimum absolute atomic E-state index is 0.140. The van der Waals surface area contributed by atoms with E-state index in [4.69, 9.17) is 4.74 Å². The van der Waals surface area contributed by atoms with Crippen LogP contribution in [-0.4, -0.2) is 35.1 Å². The molecular weight excluding hydrogens is 352 g/mol. The largest absolute Gasteiger partial charge is 0.480 e. The zero-order valence-electron chi connectivity index (χ0n) is 14.6. The van der Waals surface area contributed by atoms with Gasteiger partial charge in [0.05, 0.1) is 6.61 Å². The molecule has 3 rings (SSSR count). The summed E-state index contributed by atoms with van der Waals surface area (Å²) < 4.78 is 5.00. The molecule has 0 fully saturated rings. The van der Waals surface area contributed by atoms with Crippen LogP contribution in [0.25, 0.3) is 0 Å². The number of ether oxygens (including phenoxy) is 1. The number of aromatic nitrogens is 1. The van der Waals surface area contributed by atoms with Crippen LogP contribution in [-0.2, 0) is 22.6 Å². The van der Waals surface area contributed by atoms with Crippen molar-refractivity contribution in [1.29, 1.82) is 0 Å². The number of methoxy groups -OCH3 is 1. The number of carbonyl (C=O) groups excluding carboxylic acids is 1. The number of nitrogens with zero attached hydrogens (tertiary/aromatic N) is 1. The van der Waals surface area contributed by atoms with Crippen LogP contribution < -0.4 is 5.32 Å². The number of aryl methyl sites for hydroxylation is 1. The van der Waals surface area contributed by atoms with E-state index in [0.29, 0.717) is 18.0 Å². The number of carboxylic acids is 1. The number of fused-ring (bicyclic) bond motifs is 1. The molecular formula is C19H22N2O4S. The van der Waals surface area contributed by atoms with Crippen LogP contribution in [0.4, 0.5) is 0 Å². The van der Waals surface area contributed by atoms with Gasteiger partial charge in [-0.25, -0.2) is 9.78 Å². The first-order valence-corrected chi connectivity index (χ1v) is 9.51. The fourth-order valence-corrected chi connectivity index (χ4v) is 4.19. The number of nitrogens with one attached hydrogen (secondary N) is 1. The molecule has 0 radical (unpaired) electrons. The summed E-state index contributed by atoms with van der Waals surface area (Å²) in [6.07, 6.45) is 3.38. The number of thiazole rings is 1. The van der Waals surface area contributed by atoms with Gasteiger partial charge in [-0.3, -0.25) is 4.79 Å². The predicted octanol–water partition coefficient (Wildman–Crippen LogP) is 2.98. The third kappa shape index (κ3) is 4.28. The van der Waals surface area contributed by atoms with Gasteiger partial charge in [-0.1, -0.05) is 24.3 Å². The predicted molar refractivity (Wildman–Crippen MR) is 98.5 cm³/mol. The molecule has 1 heterocycles. The van der Waals surface area contributed by atoms with Crippen molar-refractivity contribution in [3.05, 3.63) is 51.5 Å². The number of amides is 1. The molecule has 1 aliphatic carbocycles. The first-order chi connectivity index (χ1) is 12.6. The van der Waals surface area contributed by atoms with E-state index in [9.17, 15) is 14.7 Å². The van der Waals surface area contributed by atoms with Crippen LogP contribution in [0.2, 0.25) is 0 Å². The van der Waals surface area contributed by atoms with Crippen molar-refractivity contribution in [2.75, 3.05) is 7.11 Å². The van der Waals surface area contributed by atoms with E-state index in [2.05, 4.69) is 22.4 Å². The quantitative estimate of drug-likeness (QED) is 0.778. The molecule has 0 saturated heterocycles. The minimum atomic E-state index is -1.02. The average Bonchev–Trinajstić information content (AvgIpc) is 3.10. The molecule has 2 N–H and O–H groups in total. The molecule has 7 heteroatoms. The molecule has 0 spiro atoms. The third-order valence-corrected chi connectivity index (χ3v) is 5.49. The second-order valence-electron chi connectivity index (χ2n) is 6.45. The zero-order valence-corrected chi connectivity index (χ0v) is 15.4. The Labute approximate surface area is 156 Å². The molecule has 2 aromatic rings. The van der Waals surface area contributed by atoms with Gasteiger partial charge in [0.2, 0.25) is 0 Å². The summed E-state index contributed by atoms with van der Waals surface area (Å²) in [7, 11) is 1.56. The van der Waals surface area contributed by atoms with Crippen LogP contribution in [0.3, 0.4) is 0 Å². The van der Waals surface area contributed by atoms with E-state index in [0.717, 1.165) is 19.3 Å². The normalized spacial score (nSPS) is 17.3. The number of aliphatic carboxylic acids is 1. The second-order valence-corrected chi connectivity index (χ2v) is 7.39. The van der Waals surface area contributed by atoms with Gasteiger partial charge in [0.25, 0.3) is 5.91 Å². The van der Waals surface area contributed by atoms with Crippen LogP contribution in [0, 0.1) is 0 Å². The zero-order chi connectivity index (χ0) is 18.5. The van der Waals surface area contributed by atoms with Gasteiger partial charge < -0.3 is 15.2 Å². The van der Waals surface area contributed by atoms with Gasteiger partial charge in [0, 0.05) is 12.5 Å². The SMILES string of the molecule is COCc1nc(C(=O)NC(CC2CCCc3ccccc32)C(=O)O)cs1. The van der Waals surface area contributed by atoms with Gasteiger partial charge in [0.1, 0.15) is 16.7 Å². The first kappa shape index (κ1) is 18.5. The molecule has 0 bridgehead atoms. The molecule has 1 aliphatic rings. The first-order valence-electron chi connectivity index (χ1n) is 8.63. The Kier molecular flexibility index (Phi) is 6.00. The van der Waals surface area contributed by atoms with Crippen LogP contribution in [0.15, 0.2) is 29.6 Å². The topological polar surface area (TPSA) is 88.5 Å². The summed E-state index contributed by atoms with van der Waals surface area (Å²) in [5.74, 6) is -1.34. The van der Waals surface area contributed by atoms with Gasteiger partial charge in [-0.05, 0) is 42.7 Å². The molecule has 1 aromatic carbocycles. The molecule has 2 atom stereocenters. The summed E-state index contributed by atoms with van der Waals surface area (Å²) in [4.78, 5) is 28.3. The lowest BCUT2D eigenvalue weighted by molar-refractivity contribution is -0.139. The van der Waals surface area contributed by atoms with Crippen molar-refractivity contribution >= 4 is 23.2 Å². The number of carbonyl (C=O) groups is 2. The molecule has 138 valence electrons. The molecule has 1 aromatic heterocycles. The van der Waals surface area contributed by atoms with E-state index in [1.165, 1.54) is 22.5 Å². The van der Waals surface area contributed by atoms with E-state index in [1.54, 1.807) is 12.5 Å². The van der Waals surface area contributed by atoms with E-state index >= 15 is 0 Å². The minimum Gasteiger partial charge on any atom is -0.480 e. The smallest absolute Gasteiger partial charge is 0.326 e. The van der Waals surface area contributed by atoms with Crippen LogP contribution >= 0.6 is 11.3 Å². The van der Waals surface area contributed by atoms with Crippen LogP contribution in [0.1, 0.15) is 51.8 Å². The molecule has 2 unspecified atom stereocenters. The van der Waals surface area contributed by atoms with Crippen LogP contribution in [0.5, 0.6) is 0 Å². The molecule has 0 saturated carbocycles. The summed E-state index contributed by atoms with van der Waals surface area (Å²) in [5.41, 5.74) is 2.72. The number of benzene rings is 1. The van der Waals surface area contributed by atoms with Gasteiger partial charge in [0.15, 0.2) is 0 Å². The fraction of sp³-hybridized carbons (Fsp3) is 0.421. The highest BCUT2D eigenvalue weighted by atomic mass is 32.1. The maximum atomic E-state index is 12.4. The fourth-order valence-electron chi connectivity index (χ4n) is 3.44. The van der Waals surface area contributed by atoms with E-state index in [-0.39, 0.29) is 11.6 Å². The summed E-state index contributed by atoms with van der Waals surface area (Å²) in [6.45, 7) is 0.333. The van der Waals surface area contributed by atoms with Gasteiger partial charge >= 0.3 is 5.97 Å². The van der Waals surface area contributed by atoms with Crippen molar-refractivity contribution in [2.45, 2.75) is 44.2 Å². The number of rotatable bonds is 7. The van der Waals surface area contributed by atoms with E-state index < -0.39 is 17.9 Å². The Morgan fingerprint density at radius 2 is 2.23 bits per heavy atom. The van der Waals surface area contributed by atoms with Crippen molar-refractivity contribution in [1.82, 2.24) is 10.3 Å². The second kappa shape index (κ2) is 8.42. The summed E-state index contributed by atoms with van der Waals surface area (Å²) in [5, 5.41) is 14.5. The van der Waals surface area contributed by atoms with Gasteiger partial charge in [-0.2, -0.15) is 0 Å². The lowest BCUT2D eigenvalue weighted by Crippen LogP contribution is -2.42. The Morgan fingerprint density at radius 3 is 3.00 bits per heavy atom. The van der Waals surface area contributed by atoms with Gasteiger partial charge in [-0.15, -0.1) is 11.3 Å². The molecule has 26 heavy (non-hydrogen) atoms.